The topological polar surface area (TPSA) is 106 Å². The quantitative estimate of drug-likeness (QED) is 0.527. The molecule has 0 aliphatic carbocycles. The number of nitrogens with one attached hydrogen (secondary N) is 2. The average Bonchev–Trinajstić information content (AvgIpc) is 2.57. The van der Waals surface area contributed by atoms with Crippen LogP contribution in [0.25, 0.3) is 0 Å². The van der Waals surface area contributed by atoms with Crippen LogP contribution in [0.4, 0.5) is 37.6 Å². The molecule has 0 radical (unpaired) electrons. The highest BCUT2D eigenvalue weighted by atomic mass is 19.1. The highest BCUT2D eigenvalue weighted by Gasteiger charge is 2.24. The van der Waals surface area contributed by atoms with Crippen molar-refractivity contribution in [3.63, 3.8) is 0 Å². The van der Waals surface area contributed by atoms with E-state index in [-0.39, 0.29) is 17.3 Å². The van der Waals surface area contributed by atoms with Gasteiger partial charge in [0.1, 0.15) is 23.8 Å². The Morgan fingerprint density at radius 3 is 2.46 bits per heavy atom. The van der Waals surface area contributed by atoms with Gasteiger partial charge in [0.05, 0.1) is 10.6 Å². The number of nitrogens with zero attached hydrogens (tertiary/aromatic N) is 4. The molecule has 0 saturated heterocycles. The van der Waals surface area contributed by atoms with E-state index in [9.17, 15) is 18.9 Å². The number of halogens is 2. The van der Waals surface area contributed by atoms with E-state index in [1.54, 1.807) is 25.1 Å². The number of anilines is 4. The van der Waals surface area contributed by atoms with E-state index in [4.69, 9.17) is 0 Å². The number of aryl methyl sites for hydroxylation is 1. The first-order valence-corrected chi connectivity index (χ1v) is 7.36. The summed E-state index contributed by atoms with van der Waals surface area (Å²) in [6, 6.07) is 7.91. The molecule has 0 spiro atoms. The van der Waals surface area contributed by atoms with Crippen molar-refractivity contribution >= 4 is 28.8 Å². The summed E-state index contributed by atoms with van der Waals surface area (Å²) in [5, 5.41) is 16.7. The van der Waals surface area contributed by atoms with Gasteiger partial charge in [-0.15, -0.1) is 0 Å². The number of benzene rings is 1. The van der Waals surface area contributed by atoms with Gasteiger partial charge in [-0.25, -0.2) is 23.7 Å². The molecule has 0 atom stereocenters. The van der Waals surface area contributed by atoms with Gasteiger partial charge in [0.25, 0.3) is 0 Å². The zero-order valence-electron chi connectivity index (χ0n) is 13.4. The van der Waals surface area contributed by atoms with Gasteiger partial charge >= 0.3 is 5.69 Å². The van der Waals surface area contributed by atoms with E-state index in [0.29, 0.717) is 17.6 Å². The van der Waals surface area contributed by atoms with Crippen molar-refractivity contribution in [1.29, 1.82) is 0 Å². The summed E-state index contributed by atoms with van der Waals surface area (Å²) in [7, 11) is 0. The summed E-state index contributed by atoms with van der Waals surface area (Å²) in [6.07, 6.45) is 1.08. The first-order valence-electron chi connectivity index (χ1n) is 7.36. The summed E-state index contributed by atoms with van der Waals surface area (Å²) in [5.41, 5.74) is 0.0470. The molecule has 3 rings (SSSR count). The van der Waals surface area contributed by atoms with E-state index >= 15 is 0 Å². The fourth-order valence-corrected chi connectivity index (χ4v) is 2.19. The molecule has 2 aromatic heterocycles. The third-order valence-corrected chi connectivity index (χ3v) is 3.32. The number of hydrogen-bond acceptors (Lipinski definition) is 7. The van der Waals surface area contributed by atoms with Crippen LogP contribution < -0.4 is 10.6 Å². The maximum absolute atomic E-state index is 13.8. The van der Waals surface area contributed by atoms with E-state index in [0.717, 1.165) is 18.5 Å². The Bertz CT molecular complexity index is 983. The fourth-order valence-electron chi connectivity index (χ4n) is 2.19. The predicted octanol–water partition coefficient (Wildman–Crippen LogP) is 3.85. The van der Waals surface area contributed by atoms with Crippen molar-refractivity contribution in [2.45, 2.75) is 6.92 Å². The van der Waals surface area contributed by atoms with Gasteiger partial charge in [-0.1, -0.05) is 6.07 Å². The molecule has 2 N–H and O–H groups in total. The zero-order valence-corrected chi connectivity index (χ0v) is 13.4. The van der Waals surface area contributed by atoms with Crippen LogP contribution >= 0.6 is 0 Å². The van der Waals surface area contributed by atoms with E-state index < -0.39 is 22.2 Å². The van der Waals surface area contributed by atoms with Gasteiger partial charge in [-0.2, -0.15) is 0 Å². The standard InChI is InChI=1S/C16H12F2N6O2/c1-9-3-2-4-13(21-9)23-16-14(24(25)26)15(19-8-20-16)22-12-6-5-10(17)7-11(12)18/h2-8H,1H3,(H2,19,20,21,22,23). The molecule has 10 heteroatoms. The number of pyridine rings is 1. The average molecular weight is 358 g/mol. The van der Waals surface area contributed by atoms with Crippen LogP contribution in [-0.2, 0) is 0 Å². The van der Waals surface area contributed by atoms with Crippen molar-refractivity contribution in [3.8, 4) is 0 Å². The second-order valence-corrected chi connectivity index (χ2v) is 5.21. The molecule has 0 aliphatic heterocycles. The molecule has 132 valence electrons. The SMILES string of the molecule is Cc1cccc(Nc2ncnc(Nc3ccc(F)cc3F)c2[N+](=O)[O-])n1. The molecule has 1 aromatic carbocycles. The van der Waals surface area contributed by atoms with Crippen LogP contribution in [0.15, 0.2) is 42.7 Å². The lowest BCUT2D eigenvalue weighted by Gasteiger charge is -2.10. The van der Waals surface area contributed by atoms with Crippen LogP contribution in [0.5, 0.6) is 0 Å². The van der Waals surface area contributed by atoms with Crippen molar-refractivity contribution in [1.82, 2.24) is 15.0 Å². The maximum Gasteiger partial charge on any atom is 0.353 e. The van der Waals surface area contributed by atoms with Crippen LogP contribution in [-0.4, -0.2) is 19.9 Å². The van der Waals surface area contributed by atoms with Crippen molar-refractivity contribution in [2.24, 2.45) is 0 Å². The second-order valence-electron chi connectivity index (χ2n) is 5.21. The van der Waals surface area contributed by atoms with Gasteiger partial charge in [0, 0.05) is 11.8 Å². The monoisotopic (exact) mass is 358 g/mol. The molecule has 2 heterocycles. The smallest absolute Gasteiger partial charge is 0.332 e. The van der Waals surface area contributed by atoms with Gasteiger partial charge < -0.3 is 10.6 Å². The number of aromatic nitrogens is 3. The van der Waals surface area contributed by atoms with E-state index in [1.807, 2.05) is 0 Å². The predicted molar refractivity (Wildman–Crippen MR) is 90.6 cm³/mol. The molecule has 0 amide bonds. The third-order valence-electron chi connectivity index (χ3n) is 3.32. The number of nitro groups is 1. The summed E-state index contributed by atoms with van der Waals surface area (Å²) >= 11 is 0. The first-order chi connectivity index (χ1) is 12.4. The summed E-state index contributed by atoms with van der Waals surface area (Å²) in [6.45, 7) is 1.77. The first kappa shape index (κ1) is 17.1. The minimum atomic E-state index is -0.909. The molecule has 0 saturated carbocycles. The normalized spacial score (nSPS) is 10.4. The molecule has 26 heavy (non-hydrogen) atoms. The Kier molecular flexibility index (Phi) is 4.65. The Labute approximate surface area is 146 Å². The highest BCUT2D eigenvalue weighted by molar-refractivity contribution is 5.76. The van der Waals surface area contributed by atoms with Crippen molar-refractivity contribution in [2.75, 3.05) is 10.6 Å². The zero-order chi connectivity index (χ0) is 18.7. The minimum absolute atomic E-state index is 0.117. The molecule has 3 aromatic rings. The second kappa shape index (κ2) is 7.05. The Morgan fingerprint density at radius 2 is 1.81 bits per heavy atom. The van der Waals surface area contributed by atoms with E-state index in [2.05, 4.69) is 25.6 Å². The van der Waals surface area contributed by atoms with Gasteiger partial charge in [0.15, 0.2) is 0 Å². The number of rotatable bonds is 5. The lowest BCUT2D eigenvalue weighted by molar-refractivity contribution is -0.383. The van der Waals surface area contributed by atoms with Crippen LogP contribution in [0.2, 0.25) is 0 Å². The Hall–Kier alpha value is -3.69. The molecule has 0 aliphatic rings. The maximum atomic E-state index is 13.8. The largest absolute Gasteiger partial charge is 0.353 e. The van der Waals surface area contributed by atoms with Gasteiger partial charge in [0.2, 0.25) is 11.6 Å². The lowest BCUT2D eigenvalue weighted by atomic mass is 10.3. The van der Waals surface area contributed by atoms with E-state index in [1.165, 1.54) is 0 Å². The molecule has 0 bridgehead atoms. The van der Waals surface area contributed by atoms with Crippen LogP contribution in [0.1, 0.15) is 5.69 Å². The minimum Gasteiger partial charge on any atom is -0.332 e. The Morgan fingerprint density at radius 1 is 1.08 bits per heavy atom. The molecule has 8 nitrogen and oxygen atoms in total. The highest BCUT2D eigenvalue weighted by Crippen LogP contribution is 2.33. The summed E-state index contributed by atoms with van der Waals surface area (Å²) < 4.78 is 26.8. The van der Waals surface area contributed by atoms with Gasteiger partial charge in [-0.3, -0.25) is 10.1 Å². The fraction of sp³-hybridized carbons (Fsp3) is 0.0625. The summed E-state index contributed by atoms with van der Waals surface area (Å²) in [5.74, 6) is -1.68. The van der Waals surface area contributed by atoms with Gasteiger partial charge in [-0.05, 0) is 31.2 Å². The van der Waals surface area contributed by atoms with Crippen LogP contribution in [0, 0.1) is 28.7 Å². The summed E-state index contributed by atoms with van der Waals surface area (Å²) in [4.78, 5) is 22.6. The van der Waals surface area contributed by atoms with Crippen LogP contribution in [0.3, 0.4) is 0 Å². The lowest BCUT2D eigenvalue weighted by Crippen LogP contribution is -2.07. The Balaban J connectivity index is 1.99. The molecular weight excluding hydrogens is 346 g/mol. The van der Waals surface area contributed by atoms with Crippen molar-refractivity contribution in [3.05, 3.63) is 70.2 Å². The molecule has 0 fully saturated rings. The number of hydrogen-bond donors (Lipinski definition) is 2. The van der Waals surface area contributed by atoms with Crippen molar-refractivity contribution < 1.29 is 13.7 Å². The third kappa shape index (κ3) is 3.69. The molecule has 0 unspecified atom stereocenters. The molecular formula is C16H12F2N6O2.